The normalized spacial score (nSPS) is 11.5. The highest BCUT2D eigenvalue weighted by atomic mass is 16.5. The van der Waals surface area contributed by atoms with E-state index in [0.717, 1.165) is 24.2 Å². The van der Waals surface area contributed by atoms with Crippen LogP contribution in [0.15, 0.2) is 146 Å². The monoisotopic (exact) mass is 897 g/mol. The molecule has 15 nitrogen and oxygen atoms in total. The van der Waals surface area contributed by atoms with Gasteiger partial charge in [0.25, 0.3) is 0 Å². The largest absolute Gasteiger partial charge is 0.497 e. The molecular weight excluding hydrogens is 835 g/mol. The van der Waals surface area contributed by atoms with E-state index in [4.69, 9.17) is 4.74 Å². The second-order valence-electron chi connectivity index (χ2n) is 15.9. The van der Waals surface area contributed by atoms with E-state index < -0.39 is 30.2 Å². The van der Waals surface area contributed by atoms with E-state index in [1.54, 1.807) is 65.3 Å². The van der Waals surface area contributed by atoms with Gasteiger partial charge in [-0.3, -0.25) is 5.32 Å². The van der Waals surface area contributed by atoms with E-state index in [0.29, 0.717) is 67.9 Å². The van der Waals surface area contributed by atoms with Crippen molar-refractivity contribution in [3.8, 4) is 5.75 Å². The van der Waals surface area contributed by atoms with Crippen molar-refractivity contribution in [3.63, 3.8) is 0 Å². The average molecular weight is 898 g/mol. The van der Waals surface area contributed by atoms with Gasteiger partial charge in [0.15, 0.2) is 0 Å². The number of para-hydroxylation sites is 4. The molecule has 348 valence electrons. The van der Waals surface area contributed by atoms with Crippen LogP contribution in [0.4, 0.5) is 46.7 Å². The summed E-state index contributed by atoms with van der Waals surface area (Å²) >= 11 is 0. The fourth-order valence-electron chi connectivity index (χ4n) is 7.32. The van der Waals surface area contributed by atoms with Crippen LogP contribution in [0.3, 0.4) is 0 Å². The summed E-state index contributed by atoms with van der Waals surface area (Å²) in [7, 11) is 3.34. The first-order valence-electron chi connectivity index (χ1n) is 22.5. The van der Waals surface area contributed by atoms with Crippen LogP contribution in [-0.4, -0.2) is 97.3 Å². The highest BCUT2D eigenvalue weighted by Crippen LogP contribution is 2.21. The van der Waals surface area contributed by atoms with Gasteiger partial charge in [-0.15, -0.1) is 0 Å². The van der Waals surface area contributed by atoms with Crippen LogP contribution in [0.2, 0.25) is 0 Å². The number of unbranched alkanes of at least 4 members (excludes halogenated alkanes) is 2. The molecule has 0 saturated carbocycles. The maximum Gasteiger partial charge on any atom is 0.327 e. The SMILES string of the molecule is CCCCC(CN(C(=O)Nc1ccccc1)[C@H](CCCCN(C)C(=O)Nc1ccccc1)CNC(=O)NC(=O)Nc1ccccc1)N(CCc1ccc(OC)cc1)C(=O)Nc1ccccc1. The minimum atomic E-state index is -0.750. The zero-order valence-electron chi connectivity index (χ0n) is 38.1. The van der Waals surface area contributed by atoms with Crippen LogP contribution < -0.4 is 36.6 Å². The molecule has 0 radical (unpaired) electrons. The lowest BCUT2D eigenvalue weighted by Crippen LogP contribution is -2.56. The number of anilines is 4. The lowest BCUT2D eigenvalue weighted by molar-refractivity contribution is 0.131. The summed E-state index contributed by atoms with van der Waals surface area (Å²) in [6, 6.07) is 40.5. The standard InChI is InChI=1S/C51H63N9O6/c1-4-5-28-45(59(50(64)55-42-24-14-8-15-25-42)36-34-39-30-32-46(66-3)33-31-39)38-60(51(65)56-43-26-16-9-17-27-43)44(37-52-47(61)57-48(62)53-40-20-10-6-11-21-40)29-18-19-35-58(2)49(63)54-41-22-12-7-13-23-41/h6-17,20-27,30-33,44-45H,4-5,18-19,28-29,34-38H2,1-3H3,(H,54,63)(H,55,64)(H,56,65)(H3,52,53,57,61,62)/t44-,45?/m1/s1. The fraction of sp³-hybridized carbons (Fsp3) is 0.314. The van der Waals surface area contributed by atoms with Gasteiger partial charge in [-0.1, -0.05) is 105 Å². The quantitative estimate of drug-likeness (QED) is 0.0377. The van der Waals surface area contributed by atoms with Crippen molar-refractivity contribution in [2.24, 2.45) is 0 Å². The Morgan fingerprint density at radius 1 is 0.530 bits per heavy atom. The Morgan fingerprint density at radius 3 is 1.53 bits per heavy atom. The number of carbonyl (C=O) groups is 5. The van der Waals surface area contributed by atoms with Crippen LogP contribution in [0.25, 0.3) is 0 Å². The number of ether oxygens (including phenoxy) is 1. The Bertz CT molecular complexity index is 2240. The molecule has 5 rings (SSSR count). The zero-order chi connectivity index (χ0) is 46.9. The summed E-state index contributed by atoms with van der Waals surface area (Å²) in [4.78, 5) is 73.5. The first-order chi connectivity index (χ1) is 32.1. The predicted molar refractivity (Wildman–Crippen MR) is 262 cm³/mol. The molecule has 2 atom stereocenters. The molecule has 10 amide bonds. The van der Waals surface area contributed by atoms with Crippen molar-refractivity contribution < 1.29 is 28.7 Å². The van der Waals surface area contributed by atoms with E-state index in [1.165, 1.54) is 0 Å². The number of hydrogen-bond acceptors (Lipinski definition) is 6. The lowest BCUT2D eigenvalue weighted by Gasteiger charge is -2.39. The van der Waals surface area contributed by atoms with E-state index in [-0.39, 0.29) is 25.2 Å². The van der Waals surface area contributed by atoms with Crippen molar-refractivity contribution in [1.29, 1.82) is 0 Å². The van der Waals surface area contributed by atoms with E-state index in [9.17, 15) is 24.0 Å². The van der Waals surface area contributed by atoms with Gasteiger partial charge in [-0.2, -0.15) is 0 Å². The zero-order valence-corrected chi connectivity index (χ0v) is 38.1. The smallest absolute Gasteiger partial charge is 0.327 e. The molecular formula is C51H63N9O6. The Hall–Kier alpha value is -7.55. The van der Waals surface area contributed by atoms with Gasteiger partial charge in [0.2, 0.25) is 0 Å². The Kier molecular flexibility index (Phi) is 20.2. The Labute approximate surface area is 388 Å². The molecule has 5 aromatic rings. The summed E-state index contributed by atoms with van der Waals surface area (Å²) in [5.74, 6) is 0.727. The molecule has 0 fully saturated rings. The Morgan fingerprint density at radius 2 is 1.02 bits per heavy atom. The molecule has 15 heteroatoms. The third kappa shape index (κ3) is 16.9. The lowest BCUT2D eigenvalue weighted by atomic mass is 10.0. The van der Waals surface area contributed by atoms with Crippen molar-refractivity contribution in [2.45, 2.75) is 64.0 Å². The first kappa shape index (κ1) is 49.5. The maximum absolute atomic E-state index is 14.7. The minimum Gasteiger partial charge on any atom is -0.497 e. The van der Waals surface area contributed by atoms with E-state index >= 15 is 0 Å². The number of imide groups is 1. The Balaban J connectivity index is 1.43. The molecule has 0 heterocycles. The number of hydrogen-bond donors (Lipinski definition) is 6. The summed E-state index contributed by atoms with van der Waals surface area (Å²) in [6.45, 7) is 2.93. The molecule has 0 aliphatic rings. The summed E-state index contributed by atoms with van der Waals surface area (Å²) < 4.78 is 5.38. The van der Waals surface area contributed by atoms with Gasteiger partial charge in [-0.05, 0) is 98.3 Å². The average Bonchev–Trinajstić information content (AvgIpc) is 3.33. The number of carbonyl (C=O) groups excluding carboxylic acids is 5. The van der Waals surface area contributed by atoms with Crippen molar-refractivity contribution in [2.75, 3.05) is 61.6 Å². The van der Waals surface area contributed by atoms with Gasteiger partial charge < -0.3 is 46.0 Å². The molecule has 0 aliphatic carbocycles. The molecule has 5 aromatic carbocycles. The van der Waals surface area contributed by atoms with Gasteiger partial charge in [-0.25, -0.2) is 24.0 Å². The van der Waals surface area contributed by atoms with Crippen molar-refractivity contribution >= 4 is 52.9 Å². The van der Waals surface area contributed by atoms with Gasteiger partial charge in [0.05, 0.1) is 19.2 Å². The van der Waals surface area contributed by atoms with Crippen LogP contribution in [0.1, 0.15) is 51.0 Å². The fourth-order valence-corrected chi connectivity index (χ4v) is 7.32. The van der Waals surface area contributed by atoms with E-state index in [1.807, 2.05) is 109 Å². The topological polar surface area (TPSA) is 176 Å². The summed E-state index contributed by atoms with van der Waals surface area (Å²) in [5, 5.41) is 16.9. The third-order valence-electron chi connectivity index (χ3n) is 11.0. The molecule has 0 bridgehead atoms. The molecule has 66 heavy (non-hydrogen) atoms. The summed E-state index contributed by atoms with van der Waals surface area (Å²) in [5.41, 5.74) is 3.41. The predicted octanol–water partition coefficient (Wildman–Crippen LogP) is 10.1. The number of amides is 10. The van der Waals surface area contributed by atoms with Gasteiger partial charge >= 0.3 is 30.2 Å². The van der Waals surface area contributed by atoms with Crippen LogP contribution in [0, 0.1) is 0 Å². The van der Waals surface area contributed by atoms with Crippen LogP contribution in [-0.2, 0) is 6.42 Å². The maximum atomic E-state index is 14.7. The molecule has 1 unspecified atom stereocenters. The number of nitrogens with zero attached hydrogens (tertiary/aromatic N) is 3. The number of rotatable bonds is 22. The number of benzene rings is 5. The summed E-state index contributed by atoms with van der Waals surface area (Å²) in [6.07, 6.45) is 4.30. The molecule has 6 N–H and O–H groups in total. The third-order valence-corrected chi connectivity index (χ3v) is 11.0. The van der Waals surface area contributed by atoms with Crippen molar-refractivity contribution in [3.05, 3.63) is 151 Å². The second-order valence-corrected chi connectivity index (χ2v) is 15.9. The molecule has 0 aromatic heterocycles. The minimum absolute atomic E-state index is 0.0282. The molecule has 0 saturated heterocycles. The van der Waals surface area contributed by atoms with Crippen LogP contribution >= 0.6 is 0 Å². The number of methoxy groups -OCH3 is 1. The highest BCUT2D eigenvalue weighted by Gasteiger charge is 2.32. The number of nitrogens with one attached hydrogen (secondary N) is 6. The van der Waals surface area contributed by atoms with E-state index in [2.05, 4.69) is 38.8 Å². The van der Waals surface area contributed by atoms with Gasteiger partial charge in [0.1, 0.15) is 5.75 Å². The molecule has 0 aliphatic heterocycles. The highest BCUT2D eigenvalue weighted by molar-refractivity contribution is 6.00. The van der Waals surface area contributed by atoms with Crippen LogP contribution in [0.5, 0.6) is 5.75 Å². The molecule has 0 spiro atoms. The van der Waals surface area contributed by atoms with Crippen molar-refractivity contribution in [1.82, 2.24) is 25.3 Å². The second kappa shape index (κ2) is 26.9. The number of urea groups is 5. The first-order valence-corrected chi connectivity index (χ1v) is 22.5. The van der Waals surface area contributed by atoms with Gasteiger partial charge in [0, 0.05) is 56.0 Å².